The molecule has 23 heavy (non-hydrogen) atoms. The van der Waals surface area contributed by atoms with Gasteiger partial charge in [-0.3, -0.25) is 9.59 Å². The molecule has 0 bridgehead atoms. The minimum absolute atomic E-state index is 0.100. The summed E-state index contributed by atoms with van der Waals surface area (Å²) in [5.74, 6) is -1.17. The third kappa shape index (κ3) is 6.31. The van der Waals surface area contributed by atoms with Crippen LogP contribution in [0, 0.1) is 26.7 Å². The zero-order chi connectivity index (χ0) is 18.0. The van der Waals surface area contributed by atoms with E-state index in [1.807, 2.05) is 32.9 Å². The van der Waals surface area contributed by atoms with Crippen molar-refractivity contribution in [2.24, 2.45) is 5.92 Å². The Morgan fingerprint density at radius 2 is 1.61 bits per heavy atom. The number of ketones is 1. The first-order chi connectivity index (χ1) is 10.9. The Morgan fingerprint density at radius 3 is 2.04 bits per heavy atom. The van der Waals surface area contributed by atoms with Gasteiger partial charge in [0.2, 0.25) is 0 Å². The van der Waals surface area contributed by atoms with Crippen molar-refractivity contribution in [2.75, 3.05) is 6.61 Å². The smallest absolute Gasteiger partial charge is 0.316 e. The van der Waals surface area contributed by atoms with Crippen LogP contribution in [0.15, 0.2) is 12.1 Å². The molecule has 0 aromatic heterocycles. The van der Waals surface area contributed by atoms with Crippen molar-refractivity contribution in [3.63, 3.8) is 0 Å². The van der Waals surface area contributed by atoms with Crippen molar-refractivity contribution in [2.45, 2.75) is 53.9 Å². The molecule has 0 saturated carbocycles. The fraction of sp³-hybridized carbons (Fsp3) is 0.556. The van der Waals surface area contributed by atoms with Crippen molar-refractivity contribution in [3.05, 3.63) is 34.4 Å². The van der Waals surface area contributed by atoms with Crippen LogP contribution in [0.1, 0.15) is 60.2 Å². The van der Waals surface area contributed by atoms with Crippen molar-refractivity contribution in [1.29, 1.82) is 0 Å². The molecule has 1 aromatic carbocycles. The monoisotopic (exact) mass is 340 g/mol. The Labute approximate surface area is 141 Å². The quantitative estimate of drug-likeness (QED) is 0.324. The Bertz CT molecular complexity index is 517. The number of esters is 1. The molecule has 0 aliphatic rings. The molecule has 2 unspecified atom stereocenters. The van der Waals surface area contributed by atoms with Gasteiger partial charge in [-0.1, -0.05) is 37.5 Å². The van der Waals surface area contributed by atoms with Gasteiger partial charge in [0.25, 0.3) is 0 Å². The summed E-state index contributed by atoms with van der Waals surface area (Å²) in [6, 6.07) is 3.98. The molecule has 0 aliphatic carbocycles. The maximum absolute atomic E-state index is 12.8. The van der Waals surface area contributed by atoms with Crippen LogP contribution in [0.2, 0.25) is 0 Å². The molecule has 4 nitrogen and oxygen atoms in total. The lowest BCUT2D eigenvalue weighted by atomic mass is 9.87. The van der Waals surface area contributed by atoms with Gasteiger partial charge in [0.1, 0.15) is 5.92 Å². The van der Waals surface area contributed by atoms with Crippen LogP contribution in [0.3, 0.4) is 0 Å². The van der Waals surface area contributed by atoms with Crippen LogP contribution in [0.4, 0.5) is 0 Å². The molecular formula is C18H29O4P. The van der Waals surface area contributed by atoms with Gasteiger partial charge in [0.15, 0.2) is 5.78 Å². The van der Waals surface area contributed by atoms with E-state index in [9.17, 15) is 9.59 Å². The summed E-state index contributed by atoms with van der Waals surface area (Å²) in [5.41, 5.74) is 3.67. The lowest BCUT2D eigenvalue weighted by Crippen LogP contribution is -2.27. The minimum atomic E-state index is -0.676. The Kier molecular flexibility index (Phi) is 10.5. The number of unbranched alkanes of at least 4 members (excludes halogenated alkanes) is 1. The Balaban J connectivity index is 0.00000232. The molecule has 5 heteroatoms. The number of hydrogen-bond donors (Lipinski definition) is 0. The van der Waals surface area contributed by atoms with Crippen LogP contribution in [0.25, 0.3) is 0 Å². The van der Waals surface area contributed by atoms with Crippen LogP contribution < -0.4 is 0 Å². The van der Waals surface area contributed by atoms with Crippen molar-refractivity contribution < 1.29 is 18.9 Å². The van der Waals surface area contributed by atoms with Crippen LogP contribution in [-0.2, 0) is 14.1 Å². The number of rotatable bonds is 7. The van der Waals surface area contributed by atoms with Gasteiger partial charge in [-0.2, -0.15) is 0 Å². The summed E-state index contributed by atoms with van der Waals surface area (Å²) >= 11 is 0. The van der Waals surface area contributed by atoms with E-state index in [-0.39, 0.29) is 5.78 Å². The molecule has 130 valence electrons. The normalized spacial score (nSPS) is 11.3. The lowest BCUT2D eigenvalue weighted by molar-refractivity contribution is -0.146. The first-order valence-corrected chi connectivity index (χ1v) is 8.57. The van der Waals surface area contributed by atoms with Gasteiger partial charge in [-0.15, -0.1) is 0 Å². The fourth-order valence-electron chi connectivity index (χ4n) is 2.75. The molecule has 0 amide bonds. The van der Waals surface area contributed by atoms with Gasteiger partial charge in [-0.05, 0) is 45.2 Å². The van der Waals surface area contributed by atoms with Gasteiger partial charge in [-0.25, -0.2) is 0 Å². The lowest BCUT2D eigenvalue weighted by Gasteiger charge is -2.17. The number of hydrogen-bond acceptors (Lipinski definition) is 4. The summed E-state index contributed by atoms with van der Waals surface area (Å²) in [6.45, 7) is 9.98. The van der Waals surface area contributed by atoms with Crippen LogP contribution in [-0.4, -0.2) is 18.4 Å². The van der Waals surface area contributed by atoms with Crippen LogP contribution in [0.5, 0.6) is 0 Å². The maximum Gasteiger partial charge on any atom is 0.316 e. The van der Waals surface area contributed by atoms with E-state index in [4.69, 9.17) is 9.30 Å². The summed E-state index contributed by atoms with van der Waals surface area (Å²) in [4.78, 5) is 24.9. The highest BCUT2D eigenvalue weighted by molar-refractivity contribution is 7.00. The number of benzene rings is 1. The molecule has 0 saturated heterocycles. The molecule has 0 heterocycles. The second-order valence-corrected chi connectivity index (χ2v) is 5.58. The molecular weight excluding hydrogens is 311 g/mol. The van der Waals surface area contributed by atoms with Gasteiger partial charge >= 0.3 is 5.97 Å². The maximum atomic E-state index is 12.8. The van der Waals surface area contributed by atoms with E-state index in [2.05, 4.69) is 6.92 Å². The molecule has 0 spiro atoms. The third-order valence-electron chi connectivity index (χ3n) is 3.66. The Morgan fingerprint density at radius 1 is 1.09 bits per heavy atom. The number of aryl methyl sites for hydroxylation is 3. The highest BCUT2D eigenvalue weighted by Crippen LogP contribution is 2.23. The number of ether oxygens (including phenoxy) is 1. The van der Waals surface area contributed by atoms with E-state index in [1.54, 1.807) is 6.92 Å². The third-order valence-corrected chi connectivity index (χ3v) is 3.66. The van der Waals surface area contributed by atoms with E-state index < -0.39 is 11.9 Å². The summed E-state index contributed by atoms with van der Waals surface area (Å²) in [5, 5.41) is 0. The molecule has 1 aromatic rings. The second kappa shape index (κ2) is 11.2. The fourth-order valence-corrected chi connectivity index (χ4v) is 2.75. The van der Waals surface area contributed by atoms with E-state index in [1.165, 1.54) is 0 Å². The average molecular weight is 340 g/mol. The number of Topliss-reactive ketones (excluding diaryl/α,β-unsaturated/α-hetero) is 1. The summed E-state index contributed by atoms with van der Waals surface area (Å²) < 4.78 is 13.4. The predicted octanol–water partition coefficient (Wildman–Crippen LogP) is 4.10. The molecule has 0 radical (unpaired) electrons. The van der Waals surface area contributed by atoms with Crippen molar-refractivity contribution >= 4 is 20.9 Å². The zero-order valence-corrected chi connectivity index (χ0v) is 16.3. The highest BCUT2D eigenvalue weighted by atomic mass is 31.0. The van der Waals surface area contributed by atoms with E-state index >= 15 is 0 Å². The zero-order valence-electron chi connectivity index (χ0n) is 14.9. The van der Waals surface area contributed by atoms with Crippen LogP contribution >= 0.6 is 9.12 Å². The van der Waals surface area contributed by atoms with E-state index in [0.717, 1.165) is 29.5 Å². The molecule has 0 N–H and O–H groups in total. The average Bonchev–Trinajstić information content (AvgIpc) is 2.49. The van der Waals surface area contributed by atoms with Gasteiger partial charge in [0, 0.05) is 5.56 Å². The number of carbonyl (C=O) groups is 2. The summed E-state index contributed by atoms with van der Waals surface area (Å²) in [6.07, 6.45) is 2.36. The predicted molar refractivity (Wildman–Crippen MR) is 96.4 cm³/mol. The minimum Gasteiger partial charge on any atom is -0.465 e. The standard InChI is InChI=1S/C18H26O3.H3OP/c1-6-8-9-15(18(20)21-7-2)17(19)16-13(4)10-12(3)11-14(16)5;1-2/h10-11,15H,6-9H2,1-5H3;2H3. The first-order valence-electron chi connectivity index (χ1n) is 7.99. The van der Waals surface area contributed by atoms with E-state index in [0.29, 0.717) is 27.7 Å². The SMILES string of the molecule is CCCCC(C(=O)OCC)C(=O)c1c(C)cc(C)cc1C.O=[PH3]. The van der Waals surface area contributed by atoms with Crippen molar-refractivity contribution in [3.8, 4) is 0 Å². The molecule has 0 fully saturated rings. The number of carbonyl (C=O) groups excluding carboxylic acids is 2. The van der Waals surface area contributed by atoms with Crippen molar-refractivity contribution in [1.82, 2.24) is 0 Å². The topological polar surface area (TPSA) is 60.4 Å². The van der Waals surface area contributed by atoms with Gasteiger partial charge in [0.05, 0.1) is 15.7 Å². The second-order valence-electron chi connectivity index (χ2n) is 5.58. The summed E-state index contributed by atoms with van der Waals surface area (Å²) in [7, 11) is 0.611. The molecule has 0 aliphatic heterocycles. The van der Waals surface area contributed by atoms with Gasteiger partial charge < -0.3 is 9.30 Å². The molecule has 2 atom stereocenters. The molecule has 1 rings (SSSR count). The first kappa shape index (κ1) is 21.6. The largest absolute Gasteiger partial charge is 0.465 e. The highest BCUT2D eigenvalue weighted by Gasteiger charge is 2.30. The Hall–Kier alpha value is -1.41.